The van der Waals surface area contributed by atoms with Gasteiger partial charge in [-0.05, 0) is 28.4 Å². The first-order valence-electron chi connectivity index (χ1n) is 4.69. The molecule has 1 aliphatic rings. The molecule has 1 unspecified atom stereocenters. The summed E-state index contributed by atoms with van der Waals surface area (Å²) in [7, 11) is 0. The summed E-state index contributed by atoms with van der Waals surface area (Å²) in [6.45, 7) is 1.46. The van der Waals surface area contributed by atoms with Crippen LogP contribution in [0, 0.1) is 11.3 Å². The minimum atomic E-state index is 0.269. The zero-order valence-electron chi connectivity index (χ0n) is 8.03. The Hall–Kier alpha value is -1.12. The molecule has 0 radical (unpaired) electrons. The monoisotopic (exact) mass is 267 g/mol. The summed E-state index contributed by atoms with van der Waals surface area (Å²) >= 11 is 3.28. The van der Waals surface area contributed by atoms with Gasteiger partial charge in [-0.1, -0.05) is 0 Å². The van der Waals surface area contributed by atoms with Crippen molar-refractivity contribution < 1.29 is 4.74 Å². The van der Waals surface area contributed by atoms with E-state index in [1.54, 1.807) is 12.3 Å². The van der Waals surface area contributed by atoms with E-state index in [9.17, 15) is 0 Å². The second kappa shape index (κ2) is 4.60. The van der Waals surface area contributed by atoms with E-state index in [4.69, 9.17) is 10.00 Å². The molecule has 5 heteroatoms. The van der Waals surface area contributed by atoms with Gasteiger partial charge in [0.25, 0.3) is 0 Å². The van der Waals surface area contributed by atoms with Crippen LogP contribution in [0.25, 0.3) is 0 Å². The largest absolute Gasteiger partial charge is 0.379 e. The molecular weight excluding hydrogens is 258 g/mol. The van der Waals surface area contributed by atoms with Gasteiger partial charge in [-0.2, -0.15) is 5.26 Å². The number of aromatic nitrogens is 1. The van der Waals surface area contributed by atoms with E-state index in [2.05, 4.69) is 32.3 Å². The van der Waals surface area contributed by atoms with Gasteiger partial charge >= 0.3 is 0 Å². The van der Waals surface area contributed by atoms with Crippen LogP contribution in [0.4, 0.5) is 5.82 Å². The van der Waals surface area contributed by atoms with Crippen molar-refractivity contribution in [1.29, 1.82) is 5.26 Å². The summed E-state index contributed by atoms with van der Waals surface area (Å²) in [4.78, 5) is 4.18. The molecular formula is C10H10BrN3O. The summed E-state index contributed by atoms with van der Waals surface area (Å²) in [6.07, 6.45) is 2.64. The van der Waals surface area contributed by atoms with Gasteiger partial charge in [0, 0.05) is 17.3 Å². The third kappa shape index (κ3) is 2.46. The average molecular weight is 268 g/mol. The lowest BCUT2D eigenvalue weighted by Gasteiger charge is -2.12. The van der Waals surface area contributed by atoms with Gasteiger partial charge in [0.15, 0.2) is 0 Å². The highest BCUT2D eigenvalue weighted by molar-refractivity contribution is 9.10. The van der Waals surface area contributed by atoms with E-state index in [0.29, 0.717) is 18.0 Å². The molecule has 4 nitrogen and oxygen atoms in total. The second-order valence-electron chi connectivity index (χ2n) is 3.37. The first-order chi connectivity index (χ1) is 7.29. The highest BCUT2D eigenvalue weighted by Crippen LogP contribution is 2.19. The number of nitrogens with one attached hydrogen (secondary N) is 1. The molecule has 1 saturated heterocycles. The van der Waals surface area contributed by atoms with Crippen LogP contribution >= 0.6 is 15.9 Å². The molecule has 1 fully saturated rings. The van der Waals surface area contributed by atoms with E-state index < -0.39 is 0 Å². The average Bonchev–Trinajstić information content (AvgIpc) is 2.73. The molecule has 1 atom stereocenters. The molecule has 78 valence electrons. The number of anilines is 1. The Morgan fingerprint density at radius 2 is 2.53 bits per heavy atom. The Kier molecular flexibility index (Phi) is 3.19. The maximum absolute atomic E-state index is 8.93. The van der Waals surface area contributed by atoms with Gasteiger partial charge in [-0.25, -0.2) is 4.98 Å². The van der Waals surface area contributed by atoms with Crippen molar-refractivity contribution in [3.63, 3.8) is 0 Å². The third-order valence-electron chi connectivity index (χ3n) is 2.25. The van der Waals surface area contributed by atoms with Crippen LogP contribution in [0.5, 0.6) is 0 Å². The maximum atomic E-state index is 8.93. The Morgan fingerprint density at radius 3 is 3.20 bits per heavy atom. The van der Waals surface area contributed by atoms with Crippen LogP contribution in [0.15, 0.2) is 16.7 Å². The first kappa shape index (κ1) is 10.4. The molecule has 0 amide bonds. The Bertz CT molecular complexity index is 396. The highest BCUT2D eigenvalue weighted by Gasteiger charge is 2.17. The Balaban J connectivity index is 2.16. The SMILES string of the molecule is N#Cc1cc(Br)cnc1NC1CCOC1. The van der Waals surface area contributed by atoms with Crippen LogP contribution in [0.2, 0.25) is 0 Å². The van der Waals surface area contributed by atoms with Crippen molar-refractivity contribution >= 4 is 21.7 Å². The second-order valence-corrected chi connectivity index (χ2v) is 4.28. The zero-order valence-corrected chi connectivity index (χ0v) is 9.62. The standard InChI is InChI=1S/C10H10BrN3O/c11-8-3-7(4-12)10(13-5-8)14-9-1-2-15-6-9/h3,5,9H,1-2,6H2,(H,13,14). The zero-order chi connectivity index (χ0) is 10.7. The first-order valence-corrected chi connectivity index (χ1v) is 5.49. The smallest absolute Gasteiger partial charge is 0.144 e. The van der Waals surface area contributed by atoms with Gasteiger partial charge in [-0.15, -0.1) is 0 Å². The number of rotatable bonds is 2. The van der Waals surface area contributed by atoms with E-state index in [-0.39, 0.29) is 6.04 Å². The molecule has 1 aliphatic heterocycles. The van der Waals surface area contributed by atoms with Crippen molar-refractivity contribution in [3.05, 3.63) is 22.3 Å². The van der Waals surface area contributed by atoms with Crippen molar-refractivity contribution in [1.82, 2.24) is 4.98 Å². The fourth-order valence-electron chi connectivity index (χ4n) is 1.48. The molecule has 1 aromatic rings. The van der Waals surface area contributed by atoms with Crippen LogP contribution < -0.4 is 5.32 Å². The molecule has 0 saturated carbocycles. The molecule has 1 aromatic heterocycles. The minimum Gasteiger partial charge on any atom is -0.379 e. The number of nitriles is 1. The van der Waals surface area contributed by atoms with E-state index in [0.717, 1.165) is 17.5 Å². The van der Waals surface area contributed by atoms with E-state index in [1.165, 1.54) is 0 Å². The van der Waals surface area contributed by atoms with Gasteiger partial charge < -0.3 is 10.1 Å². The maximum Gasteiger partial charge on any atom is 0.144 e. The van der Waals surface area contributed by atoms with Crippen LogP contribution in [0.3, 0.4) is 0 Å². The van der Waals surface area contributed by atoms with E-state index in [1.807, 2.05) is 0 Å². The van der Waals surface area contributed by atoms with Crippen molar-refractivity contribution in [2.24, 2.45) is 0 Å². The van der Waals surface area contributed by atoms with Crippen LogP contribution in [-0.2, 0) is 4.74 Å². The van der Waals surface area contributed by atoms with E-state index >= 15 is 0 Å². The highest BCUT2D eigenvalue weighted by atomic mass is 79.9. The predicted molar refractivity (Wildman–Crippen MR) is 59.5 cm³/mol. The summed E-state index contributed by atoms with van der Waals surface area (Å²) in [5, 5.41) is 12.1. The van der Waals surface area contributed by atoms with Crippen molar-refractivity contribution in [2.45, 2.75) is 12.5 Å². The van der Waals surface area contributed by atoms with Gasteiger partial charge in [-0.3, -0.25) is 0 Å². The molecule has 0 aliphatic carbocycles. The molecule has 15 heavy (non-hydrogen) atoms. The summed E-state index contributed by atoms with van der Waals surface area (Å²) in [5.74, 6) is 0.635. The number of pyridine rings is 1. The van der Waals surface area contributed by atoms with Crippen molar-refractivity contribution in [3.8, 4) is 6.07 Å². The lowest BCUT2D eigenvalue weighted by Crippen LogP contribution is -2.20. The van der Waals surface area contributed by atoms with Crippen LogP contribution in [0.1, 0.15) is 12.0 Å². The summed E-state index contributed by atoms with van der Waals surface area (Å²) in [6, 6.07) is 4.14. The quantitative estimate of drug-likeness (QED) is 0.890. The molecule has 2 rings (SSSR count). The summed E-state index contributed by atoms with van der Waals surface area (Å²) in [5.41, 5.74) is 0.552. The minimum absolute atomic E-state index is 0.269. The summed E-state index contributed by atoms with van der Waals surface area (Å²) < 4.78 is 6.06. The number of nitrogens with zero attached hydrogens (tertiary/aromatic N) is 2. The molecule has 0 aromatic carbocycles. The Morgan fingerprint density at radius 1 is 1.67 bits per heavy atom. The fraction of sp³-hybridized carbons (Fsp3) is 0.400. The third-order valence-corrected chi connectivity index (χ3v) is 2.68. The lowest BCUT2D eigenvalue weighted by molar-refractivity contribution is 0.195. The number of hydrogen-bond acceptors (Lipinski definition) is 4. The normalized spacial score (nSPS) is 19.9. The number of hydrogen-bond donors (Lipinski definition) is 1. The lowest BCUT2D eigenvalue weighted by atomic mass is 10.2. The number of ether oxygens (including phenoxy) is 1. The molecule has 0 spiro atoms. The van der Waals surface area contributed by atoms with Gasteiger partial charge in [0.2, 0.25) is 0 Å². The van der Waals surface area contributed by atoms with Crippen molar-refractivity contribution in [2.75, 3.05) is 18.5 Å². The van der Waals surface area contributed by atoms with Crippen LogP contribution in [-0.4, -0.2) is 24.2 Å². The Labute approximate surface area is 96.4 Å². The molecule has 2 heterocycles. The topological polar surface area (TPSA) is 57.9 Å². The van der Waals surface area contributed by atoms with Gasteiger partial charge in [0.1, 0.15) is 11.9 Å². The fourth-order valence-corrected chi connectivity index (χ4v) is 1.81. The molecule has 1 N–H and O–H groups in total. The van der Waals surface area contributed by atoms with Gasteiger partial charge in [0.05, 0.1) is 18.2 Å². The molecule has 0 bridgehead atoms. The predicted octanol–water partition coefficient (Wildman–Crippen LogP) is 1.92. The number of halogens is 1.